The van der Waals surface area contributed by atoms with Gasteiger partial charge >= 0.3 is 0 Å². The van der Waals surface area contributed by atoms with Crippen LogP contribution in [-0.4, -0.2) is 69.2 Å². The van der Waals surface area contributed by atoms with E-state index < -0.39 is 10.0 Å². The van der Waals surface area contributed by atoms with Crippen molar-refractivity contribution in [3.05, 3.63) is 29.8 Å². The molecule has 0 spiro atoms. The first-order valence-electron chi connectivity index (χ1n) is 9.65. The number of piperidine rings is 2. The lowest BCUT2D eigenvalue weighted by Crippen LogP contribution is -2.50. The fourth-order valence-electron chi connectivity index (χ4n) is 4.33. The van der Waals surface area contributed by atoms with Gasteiger partial charge in [-0.2, -0.15) is 8.42 Å². The van der Waals surface area contributed by atoms with Gasteiger partial charge in [-0.15, -0.1) is 4.40 Å². The number of likely N-dealkylation sites (tertiary alicyclic amines) is 2. The number of fused-ring (bicyclic) bond motifs is 1. The number of likely N-dealkylation sites (N-methyl/N-ethyl adjacent to an activating group) is 1. The molecule has 2 fully saturated rings. The molecule has 0 saturated carbocycles. The lowest BCUT2D eigenvalue weighted by Gasteiger charge is -2.38. The van der Waals surface area contributed by atoms with Gasteiger partial charge in [0.15, 0.2) is 5.84 Å². The van der Waals surface area contributed by atoms with Crippen LogP contribution in [0.15, 0.2) is 33.6 Å². The third-order valence-corrected chi connectivity index (χ3v) is 7.22. The number of nitrogens with one attached hydrogen (secondary N) is 1. The summed E-state index contributed by atoms with van der Waals surface area (Å²) in [7, 11) is -1.65. The predicted octanol–water partition coefficient (Wildman–Crippen LogP) is 1.06. The molecule has 3 aliphatic rings. The minimum Gasteiger partial charge on any atom is -0.355 e. The Morgan fingerprint density at radius 3 is 2.63 bits per heavy atom. The van der Waals surface area contributed by atoms with Gasteiger partial charge in [0.2, 0.25) is 5.91 Å². The number of amidine groups is 1. The van der Waals surface area contributed by atoms with Gasteiger partial charge in [0.1, 0.15) is 4.90 Å². The van der Waals surface area contributed by atoms with Crippen LogP contribution < -0.4 is 5.32 Å². The zero-order valence-corrected chi connectivity index (χ0v) is 16.4. The molecule has 7 nitrogen and oxygen atoms in total. The molecule has 1 amide bonds. The summed E-state index contributed by atoms with van der Waals surface area (Å²) in [5, 5.41) is 3.28. The molecule has 0 radical (unpaired) electrons. The number of hydrogen-bond donors (Lipinski definition) is 1. The molecule has 1 atom stereocenters. The van der Waals surface area contributed by atoms with Crippen LogP contribution in [0.25, 0.3) is 0 Å². The van der Waals surface area contributed by atoms with E-state index in [1.54, 1.807) is 12.1 Å². The van der Waals surface area contributed by atoms with E-state index in [1.807, 2.05) is 29.0 Å². The second-order valence-corrected chi connectivity index (χ2v) is 9.13. The van der Waals surface area contributed by atoms with Crippen LogP contribution in [0.2, 0.25) is 0 Å². The third-order valence-electron chi connectivity index (χ3n) is 5.90. The molecule has 4 rings (SSSR count). The molecule has 146 valence electrons. The molecule has 27 heavy (non-hydrogen) atoms. The lowest BCUT2D eigenvalue weighted by molar-refractivity contribution is -0.138. The number of carbonyl (C=O) groups is 1. The van der Waals surface area contributed by atoms with Crippen molar-refractivity contribution in [3.63, 3.8) is 0 Å². The molecule has 1 aromatic rings. The summed E-state index contributed by atoms with van der Waals surface area (Å²) in [6, 6.07) is 7.35. The number of sulfonamides is 1. The van der Waals surface area contributed by atoms with Crippen molar-refractivity contribution in [2.75, 3.05) is 33.2 Å². The molecule has 0 aliphatic carbocycles. The SMILES string of the molecule is CNC1CCCN(C(=O)C2CCN(C3=NS(=O)(=O)c4ccccc43)CC2)C1. The zero-order chi connectivity index (χ0) is 19.0. The highest BCUT2D eigenvalue weighted by Crippen LogP contribution is 2.30. The summed E-state index contributed by atoms with van der Waals surface area (Å²) in [5.41, 5.74) is 0.676. The normalized spacial score (nSPS) is 25.2. The second-order valence-electron chi connectivity index (χ2n) is 7.56. The van der Waals surface area contributed by atoms with Gasteiger partial charge in [-0.3, -0.25) is 4.79 Å². The quantitative estimate of drug-likeness (QED) is 0.817. The first kappa shape index (κ1) is 18.4. The van der Waals surface area contributed by atoms with Crippen LogP contribution in [0.1, 0.15) is 31.2 Å². The molecular weight excluding hydrogens is 364 g/mol. The molecule has 0 aromatic heterocycles. The zero-order valence-electron chi connectivity index (χ0n) is 15.6. The monoisotopic (exact) mass is 390 g/mol. The molecular formula is C19H26N4O3S. The fraction of sp³-hybridized carbons (Fsp3) is 0.579. The highest BCUT2D eigenvalue weighted by atomic mass is 32.2. The van der Waals surface area contributed by atoms with Crippen LogP contribution in [0, 0.1) is 5.92 Å². The maximum Gasteiger partial charge on any atom is 0.285 e. The first-order valence-corrected chi connectivity index (χ1v) is 11.1. The van der Waals surface area contributed by atoms with E-state index in [0.29, 0.717) is 30.5 Å². The predicted molar refractivity (Wildman–Crippen MR) is 103 cm³/mol. The van der Waals surface area contributed by atoms with Gasteiger partial charge < -0.3 is 15.1 Å². The molecule has 3 heterocycles. The van der Waals surface area contributed by atoms with Crippen molar-refractivity contribution in [3.8, 4) is 0 Å². The molecule has 8 heteroatoms. The standard InChI is InChI=1S/C19H26N4O3S/c1-20-15-5-4-10-23(13-15)19(24)14-8-11-22(12-9-14)18-16-6-2-3-7-17(16)27(25,26)21-18/h2-3,6-7,14-15,20H,4-5,8-13H2,1H3. The van der Waals surface area contributed by atoms with E-state index in [4.69, 9.17) is 0 Å². The van der Waals surface area contributed by atoms with Crippen molar-refractivity contribution in [2.45, 2.75) is 36.6 Å². The number of carbonyl (C=O) groups excluding carboxylic acids is 1. The van der Waals surface area contributed by atoms with E-state index in [0.717, 1.165) is 38.8 Å². The summed E-state index contributed by atoms with van der Waals surface area (Å²) < 4.78 is 28.5. The Kier molecular flexibility index (Phi) is 4.94. The van der Waals surface area contributed by atoms with Crippen molar-refractivity contribution < 1.29 is 13.2 Å². The van der Waals surface area contributed by atoms with E-state index in [1.165, 1.54) is 0 Å². The van der Waals surface area contributed by atoms with E-state index in [-0.39, 0.29) is 16.7 Å². The van der Waals surface area contributed by atoms with Gasteiger partial charge in [-0.05, 0) is 44.9 Å². The topological polar surface area (TPSA) is 82.1 Å². The summed E-state index contributed by atoms with van der Waals surface area (Å²) in [4.78, 5) is 17.2. The molecule has 2 saturated heterocycles. The maximum absolute atomic E-state index is 12.9. The van der Waals surface area contributed by atoms with Crippen LogP contribution in [-0.2, 0) is 14.8 Å². The van der Waals surface area contributed by atoms with Gasteiger partial charge in [0.25, 0.3) is 10.0 Å². The van der Waals surface area contributed by atoms with Crippen molar-refractivity contribution in [1.29, 1.82) is 0 Å². The minimum atomic E-state index is -3.60. The maximum atomic E-state index is 12.9. The van der Waals surface area contributed by atoms with Crippen molar-refractivity contribution in [1.82, 2.24) is 15.1 Å². The number of benzene rings is 1. The Balaban J connectivity index is 1.42. The minimum absolute atomic E-state index is 0.0192. The van der Waals surface area contributed by atoms with Gasteiger partial charge in [0, 0.05) is 43.7 Å². The number of nitrogens with zero attached hydrogens (tertiary/aromatic N) is 3. The van der Waals surface area contributed by atoms with Crippen LogP contribution in [0.3, 0.4) is 0 Å². The Labute approximate surface area is 160 Å². The summed E-state index contributed by atoms with van der Waals surface area (Å²) in [5.74, 6) is 0.798. The molecule has 0 bridgehead atoms. The van der Waals surface area contributed by atoms with E-state index in [9.17, 15) is 13.2 Å². The highest BCUT2D eigenvalue weighted by Gasteiger charge is 2.36. The first-order chi connectivity index (χ1) is 13.0. The van der Waals surface area contributed by atoms with Crippen molar-refractivity contribution >= 4 is 21.8 Å². The molecule has 1 aromatic carbocycles. The van der Waals surface area contributed by atoms with E-state index >= 15 is 0 Å². The average Bonchev–Trinajstić information content (AvgIpc) is 2.99. The average molecular weight is 391 g/mol. The summed E-state index contributed by atoms with van der Waals surface area (Å²) in [6.45, 7) is 2.94. The fourth-order valence-corrected chi connectivity index (χ4v) is 5.55. The summed E-state index contributed by atoms with van der Waals surface area (Å²) >= 11 is 0. The largest absolute Gasteiger partial charge is 0.355 e. The lowest BCUT2D eigenvalue weighted by atomic mass is 9.93. The number of rotatable bonds is 2. The van der Waals surface area contributed by atoms with E-state index in [2.05, 4.69) is 9.71 Å². The third kappa shape index (κ3) is 3.48. The molecule has 1 N–H and O–H groups in total. The molecule has 1 unspecified atom stereocenters. The summed E-state index contributed by atoms with van der Waals surface area (Å²) in [6.07, 6.45) is 3.63. The smallest absolute Gasteiger partial charge is 0.285 e. The number of hydrogen-bond acceptors (Lipinski definition) is 5. The van der Waals surface area contributed by atoms with Crippen molar-refractivity contribution in [2.24, 2.45) is 10.3 Å². The Morgan fingerprint density at radius 1 is 1.15 bits per heavy atom. The van der Waals surface area contributed by atoms with Gasteiger partial charge in [-0.25, -0.2) is 0 Å². The highest BCUT2D eigenvalue weighted by molar-refractivity contribution is 7.90. The second kappa shape index (κ2) is 7.24. The molecule has 3 aliphatic heterocycles. The van der Waals surface area contributed by atoms with Gasteiger partial charge in [-0.1, -0.05) is 12.1 Å². The Morgan fingerprint density at radius 2 is 1.89 bits per heavy atom. The van der Waals surface area contributed by atoms with Gasteiger partial charge in [0.05, 0.1) is 0 Å². The Hall–Kier alpha value is -1.93. The van der Waals surface area contributed by atoms with Crippen LogP contribution >= 0.6 is 0 Å². The van der Waals surface area contributed by atoms with Crippen LogP contribution in [0.4, 0.5) is 0 Å². The Bertz CT molecular complexity index is 859. The number of amides is 1. The van der Waals surface area contributed by atoms with Crippen LogP contribution in [0.5, 0.6) is 0 Å².